The average molecular weight is 245 g/mol. The molecule has 1 aromatic heterocycles. The van der Waals surface area contributed by atoms with Crippen molar-refractivity contribution in [3.05, 3.63) is 35.8 Å². The summed E-state index contributed by atoms with van der Waals surface area (Å²) in [4.78, 5) is 6.07. The van der Waals surface area contributed by atoms with Gasteiger partial charge in [0, 0.05) is 5.56 Å². The van der Waals surface area contributed by atoms with Crippen molar-refractivity contribution >= 4 is 5.95 Å². The highest BCUT2D eigenvalue weighted by Crippen LogP contribution is 2.33. The molecule has 7 heteroatoms. The van der Waals surface area contributed by atoms with Crippen molar-refractivity contribution < 1.29 is 17.6 Å². The molecule has 0 aliphatic rings. The van der Waals surface area contributed by atoms with Gasteiger partial charge in [0.25, 0.3) is 0 Å². The number of alkyl halides is 3. The second-order valence-corrected chi connectivity index (χ2v) is 3.37. The van der Waals surface area contributed by atoms with Crippen LogP contribution in [0.3, 0.4) is 0 Å². The highest BCUT2D eigenvalue weighted by molar-refractivity contribution is 5.62. The number of anilines is 1. The fraction of sp³-hybridized carbons (Fsp3) is 0.100. The lowest BCUT2D eigenvalue weighted by Gasteiger charge is -2.08. The van der Waals surface area contributed by atoms with Crippen molar-refractivity contribution in [1.29, 1.82) is 0 Å². The summed E-state index contributed by atoms with van der Waals surface area (Å²) < 4.78 is 50.7. The molecule has 90 valence electrons. The number of nitrogens with two attached hydrogens (primary N) is 1. The van der Waals surface area contributed by atoms with Crippen molar-refractivity contribution in [2.75, 3.05) is 5.73 Å². The molecule has 0 fully saturated rings. The quantitative estimate of drug-likeness (QED) is 0.759. The second kappa shape index (κ2) is 3.76. The maximum Gasteiger partial charge on any atom is 0.416 e. The molecule has 0 aliphatic carbocycles. The van der Waals surface area contributed by atoms with Gasteiger partial charge < -0.3 is 10.7 Å². The largest absolute Gasteiger partial charge is 0.416 e. The molecule has 0 radical (unpaired) electrons. The van der Waals surface area contributed by atoms with E-state index < -0.39 is 17.6 Å². The van der Waals surface area contributed by atoms with Gasteiger partial charge in [-0.1, -0.05) is 0 Å². The first kappa shape index (κ1) is 11.4. The Bertz CT molecular complexity index is 545. The van der Waals surface area contributed by atoms with Crippen LogP contribution < -0.4 is 5.73 Å². The van der Waals surface area contributed by atoms with Crippen molar-refractivity contribution in [2.24, 2.45) is 0 Å². The Hall–Kier alpha value is -2.05. The van der Waals surface area contributed by atoms with Crippen molar-refractivity contribution in [3.8, 4) is 11.3 Å². The Kier molecular flexibility index (Phi) is 2.53. The highest BCUT2D eigenvalue weighted by atomic mass is 19.4. The number of imidazole rings is 1. The first-order chi connectivity index (χ1) is 7.88. The second-order valence-electron chi connectivity index (χ2n) is 3.37. The van der Waals surface area contributed by atoms with E-state index in [2.05, 4.69) is 9.97 Å². The Morgan fingerprint density at radius 2 is 1.94 bits per heavy atom. The van der Waals surface area contributed by atoms with Gasteiger partial charge in [-0.2, -0.15) is 13.2 Å². The number of nitrogens with one attached hydrogen (secondary N) is 1. The standard InChI is InChI=1S/C10H7F4N3/c11-7-2-1-5(10(12,13)14)3-6(7)8-4-16-9(15)17-8/h1-4H,(H3,15,16,17). The lowest BCUT2D eigenvalue weighted by molar-refractivity contribution is -0.137. The summed E-state index contributed by atoms with van der Waals surface area (Å²) in [7, 11) is 0. The molecular weight excluding hydrogens is 238 g/mol. The molecule has 0 aliphatic heterocycles. The molecule has 0 bridgehead atoms. The first-order valence-electron chi connectivity index (χ1n) is 4.55. The monoisotopic (exact) mass is 245 g/mol. The molecule has 2 rings (SSSR count). The third-order valence-electron chi connectivity index (χ3n) is 2.18. The topological polar surface area (TPSA) is 54.7 Å². The Labute approximate surface area is 93.3 Å². The summed E-state index contributed by atoms with van der Waals surface area (Å²) in [6.45, 7) is 0. The number of aromatic amines is 1. The number of nitrogen functional groups attached to an aromatic ring is 1. The van der Waals surface area contributed by atoms with Crippen LogP contribution in [0.2, 0.25) is 0 Å². The zero-order chi connectivity index (χ0) is 12.6. The SMILES string of the molecule is Nc1ncc(-c2cc(C(F)(F)F)ccc2F)[nH]1. The van der Waals surface area contributed by atoms with Crippen molar-refractivity contribution in [3.63, 3.8) is 0 Å². The minimum absolute atomic E-state index is 0.0109. The van der Waals surface area contributed by atoms with Crippen LogP contribution in [0.1, 0.15) is 5.56 Å². The van der Waals surface area contributed by atoms with E-state index in [0.29, 0.717) is 12.1 Å². The third-order valence-corrected chi connectivity index (χ3v) is 2.18. The summed E-state index contributed by atoms with van der Waals surface area (Å²) in [5.74, 6) is -0.765. The molecule has 0 amide bonds. The van der Waals surface area contributed by atoms with Crippen LogP contribution in [0.15, 0.2) is 24.4 Å². The minimum atomic E-state index is -4.52. The van der Waals surface area contributed by atoms with Crippen molar-refractivity contribution in [2.45, 2.75) is 6.18 Å². The molecular formula is C10H7F4N3. The van der Waals surface area contributed by atoms with E-state index in [1.165, 1.54) is 6.20 Å². The number of aromatic nitrogens is 2. The van der Waals surface area contributed by atoms with Gasteiger partial charge in [-0.15, -0.1) is 0 Å². The zero-order valence-corrected chi connectivity index (χ0v) is 8.35. The van der Waals surface area contributed by atoms with E-state index in [0.717, 1.165) is 6.07 Å². The molecule has 3 nitrogen and oxygen atoms in total. The lowest BCUT2D eigenvalue weighted by Crippen LogP contribution is -2.05. The van der Waals surface area contributed by atoms with Crippen molar-refractivity contribution in [1.82, 2.24) is 9.97 Å². The maximum absolute atomic E-state index is 13.4. The molecule has 0 saturated carbocycles. The van der Waals surface area contributed by atoms with Crippen LogP contribution in [0.4, 0.5) is 23.5 Å². The Morgan fingerprint density at radius 3 is 2.47 bits per heavy atom. The van der Waals surface area contributed by atoms with E-state index in [9.17, 15) is 17.6 Å². The van der Waals surface area contributed by atoms with Crippen LogP contribution >= 0.6 is 0 Å². The van der Waals surface area contributed by atoms with Crippen LogP contribution in [-0.2, 0) is 6.18 Å². The van der Waals surface area contributed by atoms with Gasteiger partial charge in [-0.25, -0.2) is 9.37 Å². The van der Waals surface area contributed by atoms with Crippen LogP contribution in [-0.4, -0.2) is 9.97 Å². The minimum Gasteiger partial charge on any atom is -0.369 e. The summed E-state index contributed by atoms with van der Waals surface area (Å²) in [5, 5.41) is 0. The zero-order valence-electron chi connectivity index (χ0n) is 8.35. The number of hydrogen-bond acceptors (Lipinski definition) is 2. The summed E-state index contributed by atoms with van der Waals surface area (Å²) in [5.41, 5.74) is 4.23. The van der Waals surface area contributed by atoms with Gasteiger partial charge in [0.15, 0.2) is 5.95 Å². The summed E-state index contributed by atoms with van der Waals surface area (Å²) in [6, 6.07) is 2.15. The van der Waals surface area contributed by atoms with E-state index in [1.54, 1.807) is 0 Å². The normalized spacial score (nSPS) is 11.8. The summed E-state index contributed by atoms with van der Waals surface area (Å²) >= 11 is 0. The van der Waals surface area contributed by atoms with Gasteiger partial charge >= 0.3 is 6.18 Å². The fourth-order valence-electron chi connectivity index (χ4n) is 1.38. The maximum atomic E-state index is 13.4. The lowest BCUT2D eigenvalue weighted by atomic mass is 10.1. The number of nitrogens with zero attached hydrogens (tertiary/aromatic N) is 1. The van der Waals surface area contributed by atoms with E-state index in [4.69, 9.17) is 5.73 Å². The van der Waals surface area contributed by atoms with Gasteiger partial charge in [0.05, 0.1) is 17.5 Å². The number of benzene rings is 1. The molecule has 0 spiro atoms. The van der Waals surface area contributed by atoms with E-state index in [-0.39, 0.29) is 17.2 Å². The predicted octanol–water partition coefficient (Wildman–Crippen LogP) is 2.82. The number of hydrogen-bond donors (Lipinski definition) is 2. The van der Waals surface area contributed by atoms with Gasteiger partial charge in [-0.3, -0.25) is 0 Å². The number of H-pyrrole nitrogens is 1. The molecule has 0 unspecified atom stereocenters. The Morgan fingerprint density at radius 1 is 1.24 bits per heavy atom. The highest BCUT2D eigenvalue weighted by Gasteiger charge is 2.31. The van der Waals surface area contributed by atoms with Crippen LogP contribution in [0.5, 0.6) is 0 Å². The Balaban J connectivity index is 2.54. The molecule has 0 saturated heterocycles. The predicted molar refractivity (Wildman–Crippen MR) is 53.4 cm³/mol. The van der Waals surface area contributed by atoms with E-state index >= 15 is 0 Å². The molecule has 1 aromatic carbocycles. The van der Waals surface area contributed by atoms with Gasteiger partial charge in [0.2, 0.25) is 0 Å². The van der Waals surface area contributed by atoms with Gasteiger partial charge in [0.1, 0.15) is 5.82 Å². The molecule has 17 heavy (non-hydrogen) atoms. The number of halogens is 4. The summed E-state index contributed by atoms with van der Waals surface area (Å²) in [6.07, 6.45) is -3.35. The average Bonchev–Trinajstić information content (AvgIpc) is 2.63. The third kappa shape index (κ3) is 2.22. The first-order valence-corrected chi connectivity index (χ1v) is 4.55. The molecule has 1 heterocycles. The molecule has 0 atom stereocenters. The van der Waals surface area contributed by atoms with Crippen LogP contribution in [0, 0.1) is 5.82 Å². The molecule has 3 N–H and O–H groups in total. The smallest absolute Gasteiger partial charge is 0.369 e. The van der Waals surface area contributed by atoms with Crippen LogP contribution in [0.25, 0.3) is 11.3 Å². The fourth-order valence-corrected chi connectivity index (χ4v) is 1.38. The van der Waals surface area contributed by atoms with Gasteiger partial charge in [-0.05, 0) is 18.2 Å². The molecule has 2 aromatic rings. The number of rotatable bonds is 1. The van der Waals surface area contributed by atoms with E-state index in [1.807, 2.05) is 0 Å².